The second kappa shape index (κ2) is 14.1. The van der Waals surface area contributed by atoms with Crippen molar-refractivity contribution < 1.29 is 28.6 Å². The number of furan rings is 1. The van der Waals surface area contributed by atoms with Gasteiger partial charge in [0, 0.05) is 47.7 Å². The molecular formula is C40H35IrN3O-2. The maximum atomic E-state index is 7.61. The monoisotopic (exact) mass is 769 g/mol. The molecule has 5 heteroatoms. The van der Waals surface area contributed by atoms with E-state index in [1.807, 2.05) is 30.5 Å². The Morgan fingerprint density at radius 1 is 0.733 bits per heavy atom. The maximum Gasteiger partial charge on any atom is 0.216 e. The Labute approximate surface area is 283 Å². The van der Waals surface area contributed by atoms with E-state index in [1.165, 1.54) is 39.4 Å². The normalized spacial score (nSPS) is 12.0. The van der Waals surface area contributed by atoms with Gasteiger partial charge >= 0.3 is 0 Å². The number of aryl methyl sites for hydroxylation is 7. The number of fused-ring (bicyclic) bond motifs is 3. The summed E-state index contributed by atoms with van der Waals surface area (Å²) in [7, 11) is 0. The van der Waals surface area contributed by atoms with E-state index < -0.39 is 6.85 Å². The van der Waals surface area contributed by atoms with Crippen molar-refractivity contribution in [3.63, 3.8) is 0 Å². The fourth-order valence-corrected chi connectivity index (χ4v) is 5.06. The maximum absolute atomic E-state index is 7.61. The molecule has 0 saturated carbocycles. The number of pyridine rings is 3. The van der Waals surface area contributed by atoms with Crippen LogP contribution in [0.15, 0.2) is 102 Å². The van der Waals surface area contributed by atoms with Gasteiger partial charge in [-0.15, -0.1) is 53.6 Å². The molecule has 0 unspecified atom stereocenters. The van der Waals surface area contributed by atoms with Crippen LogP contribution in [0.25, 0.3) is 44.6 Å². The standard InChI is InChI=1S/C26H21N2O.C14H14N.Ir/c1-17-6-9-19(10-7-17)11-12-20-14-15-27-24(16-20)23-5-3-4-21-22-13-8-18(2)28-26(22)29-25(21)23;1-10-4-6-13(7-5-10)14-8-11(2)12(3)9-15-14;/h3-4,6-10,13-16H,11-12H2,1-2H3;4-6,8-9H,1-3H3;/q2*-1;/i2D3;;. The summed E-state index contributed by atoms with van der Waals surface area (Å²) < 4.78 is 28.8. The van der Waals surface area contributed by atoms with Crippen molar-refractivity contribution in [3.8, 4) is 22.5 Å². The molecule has 45 heavy (non-hydrogen) atoms. The van der Waals surface area contributed by atoms with Crippen LogP contribution < -0.4 is 0 Å². The fraction of sp³-hybridized carbons (Fsp3) is 0.175. The summed E-state index contributed by atoms with van der Waals surface area (Å²) in [6.07, 6.45) is 5.57. The molecule has 7 aromatic rings. The Kier molecular flexibility index (Phi) is 8.80. The summed E-state index contributed by atoms with van der Waals surface area (Å²) >= 11 is 0. The molecule has 7 rings (SSSR count). The van der Waals surface area contributed by atoms with Crippen LogP contribution in [-0.2, 0) is 32.9 Å². The smallest absolute Gasteiger partial charge is 0.216 e. The molecule has 0 N–H and O–H groups in total. The second-order valence-corrected chi connectivity index (χ2v) is 11.2. The predicted octanol–water partition coefficient (Wildman–Crippen LogP) is 9.72. The van der Waals surface area contributed by atoms with Crippen LogP contribution in [0.3, 0.4) is 0 Å². The number of aromatic nitrogens is 3. The van der Waals surface area contributed by atoms with Crippen LogP contribution in [0.1, 0.15) is 43.2 Å². The average Bonchev–Trinajstić information content (AvgIpc) is 3.45. The van der Waals surface area contributed by atoms with Gasteiger partial charge in [0.05, 0.1) is 5.58 Å². The van der Waals surface area contributed by atoms with Crippen molar-refractivity contribution in [1.82, 2.24) is 15.0 Å². The van der Waals surface area contributed by atoms with Crippen molar-refractivity contribution >= 4 is 22.1 Å². The number of nitrogens with zero attached hydrogens (tertiary/aromatic N) is 3. The number of hydrogen-bond acceptors (Lipinski definition) is 4. The Morgan fingerprint density at radius 3 is 2.29 bits per heavy atom. The molecule has 227 valence electrons. The average molecular weight is 769 g/mol. The topological polar surface area (TPSA) is 51.8 Å². The zero-order chi connectivity index (χ0) is 33.1. The predicted molar refractivity (Wildman–Crippen MR) is 180 cm³/mol. The summed E-state index contributed by atoms with van der Waals surface area (Å²) in [5, 5.41) is 1.64. The van der Waals surface area contributed by atoms with Gasteiger partial charge in [-0.1, -0.05) is 71.0 Å². The van der Waals surface area contributed by atoms with Crippen LogP contribution in [-0.4, -0.2) is 15.0 Å². The van der Waals surface area contributed by atoms with E-state index >= 15 is 0 Å². The third kappa shape index (κ3) is 7.45. The Morgan fingerprint density at radius 2 is 1.53 bits per heavy atom. The molecule has 3 aromatic carbocycles. The Bertz CT molecular complexity index is 2170. The van der Waals surface area contributed by atoms with E-state index in [2.05, 4.69) is 103 Å². The van der Waals surface area contributed by atoms with E-state index in [0.29, 0.717) is 11.3 Å². The molecule has 0 spiro atoms. The minimum absolute atomic E-state index is 0. The van der Waals surface area contributed by atoms with E-state index in [4.69, 9.17) is 8.53 Å². The largest absolute Gasteiger partial charge is 0.486 e. The van der Waals surface area contributed by atoms with Crippen LogP contribution in [0.4, 0.5) is 0 Å². The first-order valence-electron chi connectivity index (χ1n) is 16.2. The van der Waals surface area contributed by atoms with E-state index in [1.54, 1.807) is 12.3 Å². The van der Waals surface area contributed by atoms with Gasteiger partial charge in [-0.05, 0) is 81.2 Å². The molecule has 0 amide bonds. The van der Waals surface area contributed by atoms with Gasteiger partial charge in [0.15, 0.2) is 0 Å². The quantitative estimate of drug-likeness (QED) is 0.164. The van der Waals surface area contributed by atoms with Crippen LogP contribution in [0, 0.1) is 46.7 Å². The molecule has 0 saturated heterocycles. The summed E-state index contributed by atoms with van der Waals surface area (Å²) in [5.74, 6) is 0. The van der Waals surface area contributed by atoms with Crippen molar-refractivity contribution in [2.24, 2.45) is 0 Å². The molecular weight excluding hydrogens is 731 g/mol. The summed E-state index contributed by atoms with van der Waals surface area (Å²) in [6.45, 7) is 6.05. The van der Waals surface area contributed by atoms with Gasteiger partial charge in [0.25, 0.3) is 0 Å². The molecule has 0 aliphatic carbocycles. The SMILES string of the molecule is Cc1c[c-]c(-c2cc(C)c(C)cn2)cc1.[2H]C([2H])([2H])c1ccc2c(n1)oc1c(-c3cc(CCc4ccc(C)cc4)ccn3)[c-]ccc12.[Ir]. The van der Waals surface area contributed by atoms with Gasteiger partial charge in [-0.3, -0.25) is 0 Å². The van der Waals surface area contributed by atoms with Crippen LogP contribution in [0.5, 0.6) is 0 Å². The fourth-order valence-electron chi connectivity index (χ4n) is 5.06. The number of rotatable bonds is 5. The van der Waals surface area contributed by atoms with Gasteiger partial charge in [-0.25, -0.2) is 4.98 Å². The first kappa shape index (κ1) is 28.1. The second-order valence-electron chi connectivity index (χ2n) is 11.2. The minimum Gasteiger partial charge on any atom is -0.486 e. The Hall–Kier alpha value is -4.44. The van der Waals surface area contributed by atoms with E-state index in [0.717, 1.165) is 46.1 Å². The first-order chi connectivity index (χ1) is 22.5. The van der Waals surface area contributed by atoms with Gasteiger partial charge in [0.1, 0.15) is 0 Å². The van der Waals surface area contributed by atoms with E-state index in [-0.39, 0.29) is 25.8 Å². The van der Waals surface area contributed by atoms with Crippen molar-refractivity contribution in [2.45, 2.75) is 47.4 Å². The minimum atomic E-state index is -2.28. The molecule has 1 radical (unpaired) electrons. The van der Waals surface area contributed by atoms with Crippen LogP contribution in [0.2, 0.25) is 0 Å². The summed E-state index contributed by atoms with van der Waals surface area (Å²) in [6, 6.07) is 34.5. The molecule has 0 atom stereocenters. The van der Waals surface area contributed by atoms with E-state index in [9.17, 15) is 0 Å². The summed E-state index contributed by atoms with van der Waals surface area (Å²) in [5.41, 5.74) is 12.0. The van der Waals surface area contributed by atoms with Crippen molar-refractivity contribution in [1.29, 1.82) is 0 Å². The number of benzene rings is 3. The third-order valence-electron chi connectivity index (χ3n) is 7.82. The molecule has 4 nitrogen and oxygen atoms in total. The number of hydrogen-bond donors (Lipinski definition) is 0. The van der Waals surface area contributed by atoms with Gasteiger partial charge in [-0.2, -0.15) is 0 Å². The molecule has 0 bridgehead atoms. The molecule has 4 aromatic heterocycles. The molecule has 0 aliphatic heterocycles. The third-order valence-corrected chi connectivity index (χ3v) is 7.82. The summed E-state index contributed by atoms with van der Waals surface area (Å²) in [4.78, 5) is 13.2. The molecule has 0 aliphatic rings. The van der Waals surface area contributed by atoms with Crippen LogP contribution >= 0.6 is 0 Å². The Balaban J connectivity index is 0.000000237. The van der Waals surface area contributed by atoms with Crippen molar-refractivity contribution in [2.75, 3.05) is 0 Å². The molecule has 0 fully saturated rings. The first-order valence-corrected chi connectivity index (χ1v) is 14.7. The zero-order valence-corrected chi connectivity index (χ0v) is 28.1. The molecule has 4 heterocycles. The van der Waals surface area contributed by atoms with Gasteiger partial charge in [0.2, 0.25) is 5.71 Å². The van der Waals surface area contributed by atoms with Crippen molar-refractivity contribution in [3.05, 3.63) is 149 Å². The van der Waals surface area contributed by atoms with Gasteiger partial charge < -0.3 is 14.4 Å². The zero-order valence-electron chi connectivity index (χ0n) is 28.7.